The highest BCUT2D eigenvalue weighted by Crippen LogP contribution is 2.92. The molecule has 0 bridgehead atoms. The maximum Gasteiger partial charge on any atom is 0.175 e. The number of carbonyl (C=O) groups is 2. The van der Waals surface area contributed by atoms with Crippen LogP contribution in [0.3, 0.4) is 0 Å². The van der Waals surface area contributed by atoms with Crippen molar-refractivity contribution < 1.29 is 9.59 Å². The van der Waals surface area contributed by atoms with E-state index in [0.717, 1.165) is 22.3 Å². The molecule has 0 aromatic heterocycles. The molecule has 4 aromatic rings. The second-order valence-electron chi connectivity index (χ2n) is 9.23. The minimum Gasteiger partial charge on any atom is -0.293 e. The van der Waals surface area contributed by atoms with Crippen LogP contribution >= 0.6 is 11.6 Å². The van der Waals surface area contributed by atoms with Gasteiger partial charge >= 0.3 is 0 Å². The molecule has 3 aliphatic rings. The average molecular weight is 447 g/mol. The molecule has 33 heavy (non-hydrogen) atoms. The van der Waals surface area contributed by atoms with Gasteiger partial charge in [-0.1, -0.05) is 109 Å². The summed E-state index contributed by atoms with van der Waals surface area (Å²) in [5.41, 5.74) is 2.81. The quantitative estimate of drug-likeness (QED) is 0.273. The molecule has 0 heterocycles. The van der Waals surface area contributed by atoms with Crippen LogP contribution in [0, 0.1) is 5.41 Å². The van der Waals surface area contributed by atoms with E-state index in [0.29, 0.717) is 11.1 Å². The van der Waals surface area contributed by atoms with Gasteiger partial charge in [0.05, 0.1) is 10.8 Å². The molecule has 3 aliphatic carbocycles. The van der Waals surface area contributed by atoms with Gasteiger partial charge in [0.2, 0.25) is 0 Å². The Hall–Kier alpha value is -3.49. The predicted octanol–water partition coefficient (Wildman–Crippen LogP) is 6.28. The van der Waals surface area contributed by atoms with Gasteiger partial charge in [-0.25, -0.2) is 0 Å². The van der Waals surface area contributed by atoms with E-state index in [1.165, 1.54) is 0 Å². The van der Waals surface area contributed by atoms with Gasteiger partial charge < -0.3 is 0 Å². The fraction of sp³-hybridized carbons (Fsp3) is 0.133. The van der Waals surface area contributed by atoms with Crippen molar-refractivity contribution in [3.8, 4) is 0 Å². The molecule has 4 unspecified atom stereocenters. The molecule has 1 saturated carbocycles. The third kappa shape index (κ3) is 1.83. The second kappa shape index (κ2) is 6.09. The topological polar surface area (TPSA) is 34.1 Å². The van der Waals surface area contributed by atoms with Crippen molar-refractivity contribution >= 4 is 23.2 Å². The summed E-state index contributed by atoms with van der Waals surface area (Å²) in [5, 5.41) is 0. The predicted molar refractivity (Wildman–Crippen MR) is 128 cm³/mol. The van der Waals surface area contributed by atoms with Crippen LogP contribution in [0.15, 0.2) is 109 Å². The number of hydrogen-bond acceptors (Lipinski definition) is 2. The van der Waals surface area contributed by atoms with Gasteiger partial charge in [0.25, 0.3) is 0 Å². The van der Waals surface area contributed by atoms with Crippen molar-refractivity contribution in [2.24, 2.45) is 5.41 Å². The highest BCUT2D eigenvalue weighted by molar-refractivity contribution is 6.36. The molecule has 4 atom stereocenters. The van der Waals surface area contributed by atoms with E-state index in [2.05, 4.69) is 0 Å². The summed E-state index contributed by atoms with van der Waals surface area (Å²) < 4.78 is 0. The van der Waals surface area contributed by atoms with Crippen LogP contribution in [-0.2, 0) is 10.3 Å². The molecule has 0 saturated heterocycles. The van der Waals surface area contributed by atoms with Crippen molar-refractivity contribution in [2.45, 2.75) is 16.2 Å². The zero-order chi connectivity index (χ0) is 22.4. The lowest BCUT2D eigenvalue weighted by Gasteiger charge is -2.31. The molecule has 158 valence electrons. The largest absolute Gasteiger partial charge is 0.293 e. The highest BCUT2D eigenvalue weighted by atomic mass is 35.5. The molecule has 3 heteroatoms. The number of fused-ring (bicyclic) bond motifs is 7. The molecule has 2 nitrogen and oxygen atoms in total. The SMILES string of the molecule is O=C(c1ccccc1)C12c3ccccc3C3(Cl)c4ccccc4C1C32C(=O)c1ccccc1. The molecule has 1 fully saturated rings. The Kier molecular flexibility index (Phi) is 3.51. The van der Waals surface area contributed by atoms with Crippen LogP contribution in [-0.4, -0.2) is 11.6 Å². The smallest absolute Gasteiger partial charge is 0.175 e. The van der Waals surface area contributed by atoms with Crippen LogP contribution in [0.2, 0.25) is 0 Å². The number of alkyl halides is 1. The maximum atomic E-state index is 14.5. The highest BCUT2D eigenvalue weighted by Gasteiger charge is 2.97. The Balaban J connectivity index is 1.61. The number of benzene rings is 4. The van der Waals surface area contributed by atoms with Crippen molar-refractivity contribution in [2.75, 3.05) is 0 Å². The lowest BCUT2D eigenvalue weighted by Crippen LogP contribution is -2.39. The van der Waals surface area contributed by atoms with Crippen molar-refractivity contribution in [3.63, 3.8) is 0 Å². The number of ketones is 2. The first kappa shape index (κ1) is 19.0. The standard InChI is InChI=1S/C30H19ClO2/c31-30-22-16-8-7-15-21(22)25-28(23-17-9-10-18-24(23)30,26(32)19-11-3-1-4-12-19)29(25,30)27(33)20-13-5-2-6-14-20/h1-18,25H. The van der Waals surface area contributed by atoms with Crippen LogP contribution < -0.4 is 0 Å². The van der Waals surface area contributed by atoms with Crippen LogP contribution in [0.5, 0.6) is 0 Å². The first-order valence-corrected chi connectivity index (χ1v) is 11.6. The second-order valence-corrected chi connectivity index (χ2v) is 9.80. The minimum atomic E-state index is -1.10. The van der Waals surface area contributed by atoms with Gasteiger partial charge in [0.15, 0.2) is 11.6 Å². The molecule has 7 rings (SSSR count). The zero-order valence-electron chi connectivity index (χ0n) is 17.7. The van der Waals surface area contributed by atoms with Gasteiger partial charge in [-0.3, -0.25) is 9.59 Å². The third-order valence-corrected chi connectivity index (χ3v) is 8.81. The Morgan fingerprint density at radius 2 is 1.06 bits per heavy atom. The van der Waals surface area contributed by atoms with E-state index in [1.807, 2.05) is 109 Å². The van der Waals surface area contributed by atoms with Crippen molar-refractivity contribution in [3.05, 3.63) is 143 Å². The number of rotatable bonds is 4. The average Bonchev–Trinajstić information content (AvgIpc) is 3.42. The summed E-state index contributed by atoms with van der Waals surface area (Å²) in [7, 11) is 0. The van der Waals surface area contributed by atoms with E-state index >= 15 is 0 Å². The molecule has 0 radical (unpaired) electrons. The minimum absolute atomic E-state index is 0.0261. The van der Waals surface area contributed by atoms with Crippen LogP contribution in [0.4, 0.5) is 0 Å². The summed E-state index contributed by atoms with van der Waals surface area (Å²) >= 11 is 7.70. The summed E-state index contributed by atoms with van der Waals surface area (Å²) in [6.07, 6.45) is 0. The fourth-order valence-corrected chi connectivity index (χ4v) is 7.75. The number of Topliss-reactive ketones (excluding diaryl/α,β-unsaturated/α-hetero) is 2. The van der Waals surface area contributed by atoms with E-state index in [1.54, 1.807) is 0 Å². The number of hydrogen-bond donors (Lipinski definition) is 0. The van der Waals surface area contributed by atoms with Gasteiger partial charge in [-0.05, 0) is 22.3 Å². The van der Waals surface area contributed by atoms with E-state index in [-0.39, 0.29) is 17.5 Å². The molecular formula is C30H19ClO2. The molecule has 0 aliphatic heterocycles. The fourth-order valence-electron chi connectivity index (χ4n) is 7.07. The van der Waals surface area contributed by atoms with Gasteiger partial charge in [-0.2, -0.15) is 0 Å². The van der Waals surface area contributed by atoms with Crippen LogP contribution in [0.1, 0.15) is 48.9 Å². The monoisotopic (exact) mass is 446 g/mol. The lowest BCUT2D eigenvalue weighted by molar-refractivity contribution is 0.0807. The normalized spacial score (nSPS) is 29.7. The summed E-state index contributed by atoms with van der Waals surface area (Å²) in [4.78, 5) is 27.9. The summed E-state index contributed by atoms with van der Waals surface area (Å²) in [6.45, 7) is 0. The lowest BCUT2D eigenvalue weighted by atomic mass is 9.75. The van der Waals surface area contributed by atoms with Gasteiger partial charge in [0.1, 0.15) is 4.87 Å². The Labute approximate surface area is 196 Å². The van der Waals surface area contributed by atoms with E-state index in [9.17, 15) is 9.59 Å². The van der Waals surface area contributed by atoms with Crippen molar-refractivity contribution in [1.82, 2.24) is 0 Å². The number of carbonyl (C=O) groups excluding carboxylic acids is 2. The molecule has 0 N–H and O–H groups in total. The van der Waals surface area contributed by atoms with Gasteiger partial charge in [-0.15, -0.1) is 11.6 Å². The van der Waals surface area contributed by atoms with E-state index < -0.39 is 15.7 Å². The first-order chi connectivity index (χ1) is 16.1. The van der Waals surface area contributed by atoms with Gasteiger partial charge in [0, 0.05) is 17.0 Å². The van der Waals surface area contributed by atoms with Crippen LogP contribution in [0.25, 0.3) is 0 Å². The Bertz CT molecular complexity index is 1480. The maximum absolute atomic E-state index is 14.5. The summed E-state index contributed by atoms with van der Waals surface area (Å²) in [5.74, 6) is -0.379. The number of halogens is 1. The first-order valence-electron chi connectivity index (χ1n) is 11.2. The molecule has 4 aromatic carbocycles. The molecule has 0 spiro atoms. The molecular weight excluding hydrogens is 428 g/mol. The van der Waals surface area contributed by atoms with E-state index in [4.69, 9.17) is 11.6 Å². The Morgan fingerprint density at radius 3 is 1.70 bits per heavy atom. The zero-order valence-corrected chi connectivity index (χ0v) is 18.4. The summed E-state index contributed by atoms with van der Waals surface area (Å²) in [6, 6.07) is 34.5. The third-order valence-electron chi connectivity index (χ3n) is 8.10. The molecule has 0 amide bonds. The van der Waals surface area contributed by atoms with Crippen molar-refractivity contribution in [1.29, 1.82) is 0 Å². The Morgan fingerprint density at radius 1 is 0.576 bits per heavy atom.